The van der Waals surface area contributed by atoms with E-state index < -0.39 is 0 Å². The third kappa shape index (κ3) is 1.01. The average molecular weight is 172 g/mol. The van der Waals surface area contributed by atoms with Gasteiger partial charge in [-0.25, -0.2) is 0 Å². The molecule has 0 amide bonds. The Morgan fingerprint density at radius 3 is 2.62 bits per heavy atom. The zero-order chi connectivity index (χ0) is 5.98. The summed E-state index contributed by atoms with van der Waals surface area (Å²) in [7, 11) is 0. The molecule has 0 saturated carbocycles. The minimum atomic E-state index is 0.678. The van der Waals surface area contributed by atoms with Crippen molar-refractivity contribution in [1.29, 1.82) is 0 Å². The zero-order valence-corrected chi connectivity index (χ0v) is 5.68. The number of rotatable bonds is 1. The second-order valence-electron chi connectivity index (χ2n) is 1.31. The van der Waals surface area contributed by atoms with Crippen molar-refractivity contribution >= 4 is 22.0 Å². The molecule has 1 radical (unpaired) electrons. The van der Waals surface area contributed by atoms with E-state index in [0.717, 1.165) is 0 Å². The first-order valence-corrected chi connectivity index (χ1v) is 2.92. The summed E-state index contributed by atoms with van der Waals surface area (Å²) in [5.74, 6) is 0.678. The molecule has 1 rings (SSSR count). The number of hydrogen-bond acceptors (Lipinski definition) is 1. The highest BCUT2D eigenvalue weighted by Gasteiger charge is 1.90. The van der Waals surface area contributed by atoms with Crippen LogP contribution in [0.3, 0.4) is 0 Å². The van der Waals surface area contributed by atoms with Crippen molar-refractivity contribution < 1.29 is 4.42 Å². The van der Waals surface area contributed by atoms with Crippen LogP contribution >= 0.6 is 15.9 Å². The molecule has 0 aliphatic rings. The van der Waals surface area contributed by atoms with Gasteiger partial charge in [0, 0.05) is 0 Å². The monoisotopic (exact) mass is 171 g/mol. The molecule has 1 nitrogen and oxygen atoms in total. The van der Waals surface area contributed by atoms with Crippen LogP contribution in [0.4, 0.5) is 0 Å². The maximum Gasteiger partial charge on any atom is 0.169 e. The lowest BCUT2D eigenvalue weighted by atomic mass is 10.5. The van der Waals surface area contributed by atoms with Gasteiger partial charge in [0.15, 0.2) is 4.67 Å². The van der Waals surface area contributed by atoms with Crippen LogP contribution in [0.25, 0.3) is 6.08 Å². The molecule has 41 valence electrons. The molecule has 0 bridgehead atoms. The lowest BCUT2D eigenvalue weighted by molar-refractivity contribution is 0.531. The van der Waals surface area contributed by atoms with E-state index in [2.05, 4.69) is 15.9 Å². The fourth-order valence-electron chi connectivity index (χ4n) is 0.418. The molecule has 0 aliphatic carbocycles. The lowest BCUT2D eigenvalue weighted by Gasteiger charge is -1.76. The summed E-state index contributed by atoms with van der Waals surface area (Å²) < 4.78 is 5.67. The quantitative estimate of drug-likeness (QED) is 0.634. The van der Waals surface area contributed by atoms with Gasteiger partial charge in [-0.1, -0.05) is 6.58 Å². The van der Waals surface area contributed by atoms with Gasteiger partial charge in [0.05, 0.1) is 0 Å². The predicted molar refractivity (Wildman–Crippen MR) is 35.2 cm³/mol. The molecule has 0 spiro atoms. The topological polar surface area (TPSA) is 13.1 Å². The van der Waals surface area contributed by atoms with Crippen molar-refractivity contribution in [2.24, 2.45) is 0 Å². The molecule has 1 aromatic rings. The Balaban J connectivity index is 3.00. The molecule has 0 aliphatic heterocycles. The van der Waals surface area contributed by atoms with Gasteiger partial charge in [-0.05, 0) is 34.1 Å². The third-order valence-electron chi connectivity index (χ3n) is 0.758. The van der Waals surface area contributed by atoms with E-state index in [1.807, 2.05) is 0 Å². The number of furan rings is 1. The van der Waals surface area contributed by atoms with E-state index in [0.29, 0.717) is 10.4 Å². The molecule has 0 aromatic carbocycles. The van der Waals surface area contributed by atoms with Gasteiger partial charge in [0.2, 0.25) is 0 Å². The summed E-state index contributed by atoms with van der Waals surface area (Å²) in [6.45, 7) is 5.12. The van der Waals surface area contributed by atoms with Crippen LogP contribution in [0.15, 0.2) is 21.2 Å². The molecule has 0 fully saturated rings. The minimum absolute atomic E-state index is 0.678. The Morgan fingerprint density at radius 1 is 1.62 bits per heavy atom. The largest absolute Gasteiger partial charge is 0.450 e. The predicted octanol–water partition coefficient (Wildman–Crippen LogP) is 2.49. The van der Waals surface area contributed by atoms with E-state index in [1.54, 1.807) is 12.1 Å². The van der Waals surface area contributed by atoms with E-state index >= 15 is 0 Å². The Hall–Kier alpha value is -0.500. The van der Waals surface area contributed by atoms with Crippen molar-refractivity contribution in [1.82, 2.24) is 0 Å². The van der Waals surface area contributed by atoms with Gasteiger partial charge in [0.25, 0.3) is 0 Å². The molecule has 2 heteroatoms. The van der Waals surface area contributed by atoms with Gasteiger partial charge in [-0.2, -0.15) is 0 Å². The van der Waals surface area contributed by atoms with E-state index in [-0.39, 0.29) is 0 Å². The summed E-state index contributed by atoms with van der Waals surface area (Å²) in [6, 6.07) is 3.57. The summed E-state index contributed by atoms with van der Waals surface area (Å²) in [5.41, 5.74) is 0. The SMILES string of the molecule is [CH]=Cc1ccc(Br)o1. The van der Waals surface area contributed by atoms with Crippen molar-refractivity contribution in [3.63, 3.8) is 0 Å². The average Bonchev–Trinajstić information content (AvgIpc) is 2.14. The fourth-order valence-corrected chi connectivity index (χ4v) is 0.737. The van der Waals surface area contributed by atoms with E-state index in [9.17, 15) is 0 Å². The first-order chi connectivity index (χ1) is 3.83. The first-order valence-electron chi connectivity index (χ1n) is 2.13. The summed E-state index contributed by atoms with van der Waals surface area (Å²) in [4.78, 5) is 0. The van der Waals surface area contributed by atoms with Crippen LogP contribution in [0.1, 0.15) is 5.76 Å². The number of halogens is 1. The molecular formula is C6H4BrO. The molecule has 8 heavy (non-hydrogen) atoms. The Kier molecular flexibility index (Phi) is 1.53. The van der Waals surface area contributed by atoms with Crippen molar-refractivity contribution in [3.05, 3.63) is 29.1 Å². The molecule has 1 heterocycles. The summed E-state index contributed by atoms with van der Waals surface area (Å²) >= 11 is 3.13. The van der Waals surface area contributed by atoms with Crippen LogP contribution in [-0.4, -0.2) is 0 Å². The third-order valence-corrected chi connectivity index (χ3v) is 1.18. The number of hydrogen-bond donors (Lipinski definition) is 0. The highest BCUT2D eigenvalue weighted by atomic mass is 79.9. The fraction of sp³-hybridized carbons (Fsp3) is 0. The molecular weight excluding hydrogens is 168 g/mol. The van der Waals surface area contributed by atoms with Crippen molar-refractivity contribution in [3.8, 4) is 0 Å². The van der Waals surface area contributed by atoms with E-state index in [4.69, 9.17) is 11.0 Å². The molecule has 1 aromatic heterocycles. The van der Waals surface area contributed by atoms with Gasteiger partial charge in [-0.3, -0.25) is 0 Å². The Bertz CT molecular complexity index is 190. The van der Waals surface area contributed by atoms with Crippen LogP contribution in [0, 0.1) is 6.58 Å². The maximum absolute atomic E-state index is 5.12. The van der Waals surface area contributed by atoms with Crippen LogP contribution in [0.5, 0.6) is 0 Å². The standard InChI is InChI=1S/C6H4BrO/c1-2-5-3-4-6(7)8-5/h1-4H. The molecule has 0 saturated heterocycles. The van der Waals surface area contributed by atoms with Gasteiger partial charge in [0.1, 0.15) is 5.76 Å². The van der Waals surface area contributed by atoms with E-state index in [1.165, 1.54) is 6.08 Å². The van der Waals surface area contributed by atoms with Crippen LogP contribution in [0.2, 0.25) is 0 Å². The molecule has 0 unspecified atom stereocenters. The van der Waals surface area contributed by atoms with Crippen LogP contribution in [-0.2, 0) is 0 Å². The second-order valence-corrected chi connectivity index (χ2v) is 2.09. The Labute approximate surface area is 56.1 Å². The normalized spacial score (nSPS) is 9.12. The lowest BCUT2D eigenvalue weighted by Crippen LogP contribution is -1.52. The van der Waals surface area contributed by atoms with Gasteiger partial charge >= 0.3 is 0 Å². The second kappa shape index (κ2) is 2.18. The highest BCUT2D eigenvalue weighted by molar-refractivity contribution is 9.10. The smallest absolute Gasteiger partial charge is 0.169 e. The van der Waals surface area contributed by atoms with Crippen molar-refractivity contribution in [2.45, 2.75) is 0 Å². The Morgan fingerprint density at radius 2 is 2.38 bits per heavy atom. The van der Waals surface area contributed by atoms with Crippen LogP contribution < -0.4 is 0 Å². The van der Waals surface area contributed by atoms with Gasteiger partial charge in [-0.15, -0.1) is 0 Å². The molecule has 0 atom stereocenters. The highest BCUT2D eigenvalue weighted by Crippen LogP contribution is 2.13. The molecule has 0 N–H and O–H groups in total. The van der Waals surface area contributed by atoms with Gasteiger partial charge < -0.3 is 4.42 Å². The van der Waals surface area contributed by atoms with Crippen molar-refractivity contribution in [2.75, 3.05) is 0 Å². The minimum Gasteiger partial charge on any atom is -0.450 e. The first kappa shape index (κ1) is 5.63. The summed E-state index contributed by atoms with van der Waals surface area (Å²) in [6.07, 6.45) is 1.41. The zero-order valence-electron chi connectivity index (χ0n) is 4.10. The summed E-state index contributed by atoms with van der Waals surface area (Å²) in [5, 5.41) is 0. The maximum atomic E-state index is 5.12.